The summed E-state index contributed by atoms with van der Waals surface area (Å²) in [6.07, 6.45) is 1.35. The molecule has 0 spiro atoms. The van der Waals surface area contributed by atoms with Crippen LogP contribution in [0.25, 0.3) is 0 Å². The Balaban J connectivity index is 3.00. The van der Waals surface area contributed by atoms with Crippen LogP contribution >= 0.6 is 0 Å². The first-order valence-electron chi connectivity index (χ1n) is 6.58. The van der Waals surface area contributed by atoms with Crippen molar-refractivity contribution in [2.75, 3.05) is 25.6 Å². The molecule has 4 heteroatoms. The lowest BCUT2D eigenvalue weighted by atomic mass is 9.96. The molecule has 4 nitrogen and oxygen atoms in total. The first-order chi connectivity index (χ1) is 8.97. The highest BCUT2D eigenvalue weighted by molar-refractivity contribution is 5.95. The molecule has 0 saturated carbocycles. The Morgan fingerprint density at radius 1 is 1.32 bits per heavy atom. The summed E-state index contributed by atoms with van der Waals surface area (Å²) in [5.74, 6) is -0.362. The summed E-state index contributed by atoms with van der Waals surface area (Å²) in [5, 5.41) is 10.4. The number of carbonyl (C=O) groups is 1. The van der Waals surface area contributed by atoms with E-state index < -0.39 is 5.60 Å². The van der Waals surface area contributed by atoms with Gasteiger partial charge in [0.25, 0.3) is 0 Å². The molecule has 1 aromatic carbocycles. The van der Waals surface area contributed by atoms with Gasteiger partial charge in [-0.3, -0.25) is 0 Å². The van der Waals surface area contributed by atoms with E-state index in [0.717, 1.165) is 5.69 Å². The third kappa shape index (κ3) is 3.70. The van der Waals surface area contributed by atoms with E-state index in [4.69, 9.17) is 4.74 Å². The Kier molecular flexibility index (Phi) is 5.36. The Morgan fingerprint density at radius 3 is 2.42 bits per heavy atom. The number of aliphatic hydroxyl groups is 1. The number of hydrogen-bond acceptors (Lipinski definition) is 4. The van der Waals surface area contributed by atoms with E-state index in [-0.39, 0.29) is 5.97 Å². The van der Waals surface area contributed by atoms with Crippen molar-refractivity contribution >= 4 is 11.7 Å². The molecule has 0 fully saturated rings. The molecule has 0 amide bonds. The van der Waals surface area contributed by atoms with Gasteiger partial charge in [-0.1, -0.05) is 26.0 Å². The number of benzene rings is 1. The predicted molar refractivity (Wildman–Crippen MR) is 76.6 cm³/mol. The van der Waals surface area contributed by atoms with E-state index in [9.17, 15) is 9.90 Å². The molecule has 0 aliphatic rings. The lowest BCUT2D eigenvalue weighted by molar-refractivity contribution is 0.0401. The average Bonchev–Trinajstić information content (AvgIpc) is 2.46. The van der Waals surface area contributed by atoms with Crippen molar-refractivity contribution in [3.63, 3.8) is 0 Å². The topological polar surface area (TPSA) is 49.8 Å². The lowest BCUT2D eigenvalue weighted by Gasteiger charge is -2.32. The minimum atomic E-state index is -0.738. The fraction of sp³-hybridized carbons (Fsp3) is 0.533. The highest BCUT2D eigenvalue weighted by Crippen LogP contribution is 2.24. The van der Waals surface area contributed by atoms with E-state index in [1.165, 1.54) is 7.11 Å². The number of ether oxygens (including phenoxy) is 1. The van der Waals surface area contributed by atoms with Crippen LogP contribution in [0, 0.1) is 0 Å². The lowest BCUT2D eigenvalue weighted by Crippen LogP contribution is -2.41. The molecule has 19 heavy (non-hydrogen) atoms. The summed E-state index contributed by atoms with van der Waals surface area (Å²) in [7, 11) is 3.24. The highest BCUT2D eigenvalue weighted by atomic mass is 16.5. The standard InChI is InChI=1S/C15H23NO3/c1-5-15(18,6-2)11-16(3)13-10-8-7-9-12(13)14(17)19-4/h7-10,18H,5-6,11H2,1-4H3. The fourth-order valence-electron chi connectivity index (χ4n) is 2.09. The molecule has 0 radical (unpaired) electrons. The van der Waals surface area contributed by atoms with E-state index in [1.807, 2.05) is 37.9 Å². The van der Waals surface area contributed by atoms with Crippen LogP contribution in [0.5, 0.6) is 0 Å². The van der Waals surface area contributed by atoms with Crippen molar-refractivity contribution < 1.29 is 14.6 Å². The van der Waals surface area contributed by atoms with Crippen LogP contribution in [-0.4, -0.2) is 37.4 Å². The largest absolute Gasteiger partial charge is 0.465 e. The SMILES string of the molecule is CCC(O)(CC)CN(C)c1ccccc1C(=O)OC. The molecule has 0 unspecified atom stereocenters. The molecule has 0 aliphatic heterocycles. The number of anilines is 1. The van der Waals surface area contributed by atoms with Crippen LogP contribution in [0.2, 0.25) is 0 Å². The van der Waals surface area contributed by atoms with Gasteiger partial charge in [-0.05, 0) is 25.0 Å². The van der Waals surface area contributed by atoms with Gasteiger partial charge in [-0.2, -0.15) is 0 Å². The number of methoxy groups -OCH3 is 1. The van der Waals surface area contributed by atoms with Crippen molar-refractivity contribution in [2.24, 2.45) is 0 Å². The summed E-state index contributed by atoms with van der Waals surface area (Å²) in [4.78, 5) is 13.6. The Morgan fingerprint density at radius 2 is 1.89 bits per heavy atom. The van der Waals surface area contributed by atoms with Crippen molar-refractivity contribution in [2.45, 2.75) is 32.3 Å². The van der Waals surface area contributed by atoms with Gasteiger partial charge in [0.1, 0.15) is 0 Å². The third-order valence-corrected chi connectivity index (χ3v) is 3.57. The summed E-state index contributed by atoms with van der Waals surface area (Å²) >= 11 is 0. The zero-order valence-corrected chi connectivity index (χ0v) is 12.1. The molecule has 0 saturated heterocycles. The number of rotatable bonds is 6. The monoisotopic (exact) mass is 265 g/mol. The average molecular weight is 265 g/mol. The van der Waals surface area contributed by atoms with Crippen molar-refractivity contribution in [1.82, 2.24) is 0 Å². The molecular formula is C15H23NO3. The number of esters is 1. The molecule has 1 rings (SSSR count). The number of nitrogens with zero attached hydrogens (tertiary/aromatic N) is 1. The van der Waals surface area contributed by atoms with E-state index in [0.29, 0.717) is 24.9 Å². The van der Waals surface area contributed by atoms with Gasteiger partial charge in [0, 0.05) is 13.6 Å². The van der Waals surface area contributed by atoms with Crippen LogP contribution in [0.4, 0.5) is 5.69 Å². The molecule has 0 bridgehead atoms. The molecule has 0 aliphatic carbocycles. The summed E-state index contributed by atoms with van der Waals surface area (Å²) in [5.41, 5.74) is 0.551. The zero-order valence-electron chi connectivity index (χ0n) is 12.1. The molecular weight excluding hydrogens is 242 g/mol. The summed E-state index contributed by atoms with van der Waals surface area (Å²) in [6.45, 7) is 4.40. The predicted octanol–water partition coefficient (Wildman–Crippen LogP) is 2.46. The second-order valence-corrected chi connectivity index (χ2v) is 4.80. The van der Waals surface area contributed by atoms with Gasteiger partial charge in [0.05, 0.1) is 24.0 Å². The van der Waals surface area contributed by atoms with Crippen LogP contribution in [0.15, 0.2) is 24.3 Å². The quantitative estimate of drug-likeness (QED) is 0.803. The van der Waals surface area contributed by atoms with Gasteiger partial charge in [-0.15, -0.1) is 0 Å². The molecule has 1 aromatic rings. The van der Waals surface area contributed by atoms with Crippen LogP contribution in [-0.2, 0) is 4.74 Å². The summed E-state index contributed by atoms with van der Waals surface area (Å²) in [6, 6.07) is 7.26. The minimum Gasteiger partial charge on any atom is -0.465 e. The number of carbonyl (C=O) groups excluding carboxylic acids is 1. The van der Waals surface area contributed by atoms with Crippen molar-refractivity contribution in [3.05, 3.63) is 29.8 Å². The highest BCUT2D eigenvalue weighted by Gasteiger charge is 2.25. The maximum Gasteiger partial charge on any atom is 0.339 e. The molecule has 0 aromatic heterocycles. The maximum absolute atomic E-state index is 11.7. The fourth-order valence-corrected chi connectivity index (χ4v) is 2.09. The molecule has 0 heterocycles. The molecule has 0 atom stereocenters. The van der Waals surface area contributed by atoms with Gasteiger partial charge in [0.15, 0.2) is 0 Å². The van der Waals surface area contributed by atoms with Gasteiger partial charge in [-0.25, -0.2) is 4.79 Å². The zero-order chi connectivity index (χ0) is 14.5. The Hall–Kier alpha value is -1.55. The normalized spacial score (nSPS) is 11.2. The van der Waals surface area contributed by atoms with E-state index >= 15 is 0 Å². The van der Waals surface area contributed by atoms with Gasteiger partial charge >= 0.3 is 5.97 Å². The van der Waals surface area contributed by atoms with Crippen LogP contribution in [0.1, 0.15) is 37.0 Å². The Bertz CT molecular complexity index is 427. The van der Waals surface area contributed by atoms with Gasteiger partial charge in [0.2, 0.25) is 0 Å². The van der Waals surface area contributed by atoms with E-state index in [1.54, 1.807) is 12.1 Å². The molecule has 1 N–H and O–H groups in total. The van der Waals surface area contributed by atoms with Crippen LogP contribution < -0.4 is 4.90 Å². The third-order valence-electron chi connectivity index (χ3n) is 3.57. The number of likely N-dealkylation sites (N-methyl/N-ethyl adjacent to an activating group) is 1. The second-order valence-electron chi connectivity index (χ2n) is 4.80. The van der Waals surface area contributed by atoms with Crippen LogP contribution in [0.3, 0.4) is 0 Å². The van der Waals surface area contributed by atoms with Crippen molar-refractivity contribution in [3.8, 4) is 0 Å². The van der Waals surface area contributed by atoms with E-state index in [2.05, 4.69) is 0 Å². The smallest absolute Gasteiger partial charge is 0.339 e. The number of hydrogen-bond donors (Lipinski definition) is 1. The second kappa shape index (κ2) is 6.57. The minimum absolute atomic E-state index is 0.362. The van der Waals surface area contributed by atoms with Gasteiger partial charge < -0.3 is 14.7 Å². The maximum atomic E-state index is 11.7. The first kappa shape index (κ1) is 15.5. The number of para-hydroxylation sites is 1. The molecule has 106 valence electrons. The Labute approximate surface area is 115 Å². The van der Waals surface area contributed by atoms with Crippen molar-refractivity contribution in [1.29, 1.82) is 0 Å². The summed E-state index contributed by atoms with van der Waals surface area (Å²) < 4.78 is 4.78. The first-order valence-corrected chi connectivity index (χ1v) is 6.58.